The highest BCUT2D eigenvalue weighted by Crippen LogP contribution is 2.55. The lowest BCUT2D eigenvalue weighted by Crippen LogP contribution is -1.96. The normalized spacial score (nSPS) is 17.9. The average molecular weight is 285 g/mol. The van der Waals surface area contributed by atoms with Crippen LogP contribution in [0.5, 0.6) is 0 Å². The molecule has 0 saturated heterocycles. The van der Waals surface area contributed by atoms with Gasteiger partial charge in [-0.1, -0.05) is 28.1 Å². The van der Waals surface area contributed by atoms with Crippen LogP contribution in [0.15, 0.2) is 46.5 Å². The Morgan fingerprint density at radius 2 is 1.81 bits per heavy atom. The first-order chi connectivity index (χ1) is 7.57. The maximum Gasteiger partial charge on any atom is 0.300 e. The van der Waals surface area contributed by atoms with E-state index in [1.54, 1.807) is 24.3 Å². The minimum absolute atomic E-state index is 0.00176. The van der Waals surface area contributed by atoms with Gasteiger partial charge in [0.25, 0.3) is 5.92 Å². The molecule has 0 aliphatic heterocycles. The van der Waals surface area contributed by atoms with Crippen molar-refractivity contribution in [2.75, 3.05) is 0 Å². The van der Waals surface area contributed by atoms with Crippen molar-refractivity contribution >= 4 is 27.8 Å². The van der Waals surface area contributed by atoms with E-state index in [2.05, 4.69) is 15.9 Å². The van der Waals surface area contributed by atoms with Crippen molar-refractivity contribution in [2.24, 2.45) is 0 Å². The minimum Gasteiger partial charge on any atom is -0.299 e. The van der Waals surface area contributed by atoms with Crippen molar-refractivity contribution in [3.63, 3.8) is 0 Å². The first-order valence-electron chi connectivity index (χ1n) is 4.58. The lowest BCUT2D eigenvalue weighted by molar-refractivity contribution is -0.104. The van der Waals surface area contributed by atoms with Gasteiger partial charge in [0, 0.05) is 15.6 Å². The lowest BCUT2D eigenvalue weighted by atomic mass is 10.2. The van der Waals surface area contributed by atoms with Gasteiger partial charge in [0.05, 0.1) is 0 Å². The number of alkyl halides is 2. The number of halogens is 3. The molecule has 1 nitrogen and oxygen atoms in total. The maximum atomic E-state index is 13.3. The molecule has 0 aromatic heterocycles. The van der Waals surface area contributed by atoms with Gasteiger partial charge in [0.1, 0.15) is 6.29 Å². The molecule has 0 spiro atoms. The van der Waals surface area contributed by atoms with Gasteiger partial charge in [-0.3, -0.25) is 4.79 Å². The number of hydrogen-bond acceptors (Lipinski definition) is 1. The number of carbonyl (C=O) groups excluding carboxylic acids is 1. The molecule has 0 bridgehead atoms. The van der Waals surface area contributed by atoms with Crippen molar-refractivity contribution < 1.29 is 13.6 Å². The Balaban J connectivity index is 2.34. The van der Waals surface area contributed by atoms with Crippen molar-refractivity contribution in [3.8, 4) is 0 Å². The molecule has 82 valence electrons. The van der Waals surface area contributed by atoms with E-state index in [1.165, 1.54) is 0 Å². The molecule has 0 amide bonds. The Kier molecular flexibility index (Phi) is 2.76. The molecule has 0 atom stereocenters. The highest BCUT2D eigenvalue weighted by Gasteiger charge is 2.54. The lowest BCUT2D eigenvalue weighted by Gasteiger charge is -1.97. The van der Waals surface area contributed by atoms with Crippen LogP contribution in [-0.4, -0.2) is 12.2 Å². The molecule has 1 aromatic carbocycles. The molecule has 2 rings (SSSR count). The van der Waals surface area contributed by atoms with Gasteiger partial charge in [-0.2, -0.15) is 8.78 Å². The number of aldehydes is 1. The first kappa shape index (κ1) is 11.2. The summed E-state index contributed by atoms with van der Waals surface area (Å²) in [7, 11) is 0. The van der Waals surface area contributed by atoms with Gasteiger partial charge in [0.15, 0.2) is 0 Å². The number of carbonyl (C=O) groups is 1. The van der Waals surface area contributed by atoms with Crippen molar-refractivity contribution in [3.05, 3.63) is 52.0 Å². The second-order valence-electron chi connectivity index (χ2n) is 3.37. The third-order valence-corrected chi connectivity index (χ3v) is 2.86. The second-order valence-corrected chi connectivity index (χ2v) is 4.28. The Hall–Kier alpha value is -1.29. The Morgan fingerprint density at radius 1 is 1.19 bits per heavy atom. The van der Waals surface area contributed by atoms with Crippen LogP contribution in [0.4, 0.5) is 8.78 Å². The van der Waals surface area contributed by atoms with Gasteiger partial charge in [-0.15, -0.1) is 0 Å². The van der Waals surface area contributed by atoms with E-state index in [4.69, 9.17) is 0 Å². The van der Waals surface area contributed by atoms with Crippen LogP contribution in [0, 0.1) is 0 Å². The smallest absolute Gasteiger partial charge is 0.299 e. The van der Waals surface area contributed by atoms with E-state index in [9.17, 15) is 13.6 Å². The summed E-state index contributed by atoms with van der Waals surface area (Å²) in [5.41, 5.74) is 0.402. The molecule has 0 radical (unpaired) electrons. The Morgan fingerprint density at radius 3 is 2.38 bits per heavy atom. The van der Waals surface area contributed by atoms with E-state index in [0.29, 0.717) is 11.8 Å². The van der Waals surface area contributed by atoms with Gasteiger partial charge >= 0.3 is 0 Å². The van der Waals surface area contributed by atoms with Crippen LogP contribution in [0.1, 0.15) is 5.56 Å². The zero-order chi connectivity index (χ0) is 11.8. The predicted octanol–water partition coefficient (Wildman–Crippen LogP) is 3.61. The molecule has 0 unspecified atom stereocenters. The maximum absolute atomic E-state index is 13.3. The van der Waals surface area contributed by atoms with Crippen LogP contribution >= 0.6 is 15.9 Å². The fourth-order valence-electron chi connectivity index (χ4n) is 1.53. The quantitative estimate of drug-likeness (QED) is 0.612. The molecular weight excluding hydrogens is 278 g/mol. The van der Waals surface area contributed by atoms with Crippen molar-refractivity contribution in [1.29, 1.82) is 0 Å². The predicted molar refractivity (Wildman–Crippen MR) is 61.2 cm³/mol. The fourth-order valence-corrected chi connectivity index (χ4v) is 1.79. The number of hydrogen-bond donors (Lipinski definition) is 0. The fraction of sp³-hybridized carbons (Fsp3) is 0.0833. The van der Waals surface area contributed by atoms with Crippen LogP contribution in [0.25, 0.3) is 5.57 Å². The summed E-state index contributed by atoms with van der Waals surface area (Å²) in [6, 6.07) is 6.65. The minimum atomic E-state index is -2.90. The Labute approximate surface area is 99.6 Å². The molecule has 16 heavy (non-hydrogen) atoms. The summed E-state index contributed by atoms with van der Waals surface area (Å²) in [4.78, 5) is 10.1. The molecule has 1 aromatic rings. The molecule has 0 fully saturated rings. The average Bonchev–Trinajstić information content (AvgIpc) is 2.79. The number of rotatable bonds is 3. The molecule has 0 saturated carbocycles. The van der Waals surface area contributed by atoms with E-state index in [1.807, 2.05) is 0 Å². The molecule has 1 aliphatic carbocycles. The zero-order valence-electron chi connectivity index (χ0n) is 8.08. The van der Waals surface area contributed by atoms with Crippen LogP contribution in [-0.2, 0) is 4.79 Å². The van der Waals surface area contributed by atoms with Crippen LogP contribution in [0.2, 0.25) is 0 Å². The summed E-state index contributed by atoms with van der Waals surface area (Å²) in [6.45, 7) is 0. The Bertz CT molecular complexity index is 486. The van der Waals surface area contributed by atoms with Gasteiger partial charge in [-0.05, 0) is 29.8 Å². The molecular formula is C12H7BrF2O. The van der Waals surface area contributed by atoms with Gasteiger partial charge in [-0.25, -0.2) is 0 Å². The summed E-state index contributed by atoms with van der Waals surface area (Å²) < 4.78 is 27.5. The second kappa shape index (κ2) is 3.94. The van der Waals surface area contributed by atoms with Crippen molar-refractivity contribution in [2.45, 2.75) is 5.92 Å². The number of benzene rings is 1. The highest BCUT2D eigenvalue weighted by molar-refractivity contribution is 9.10. The summed E-state index contributed by atoms with van der Waals surface area (Å²) in [5, 5.41) is 0. The summed E-state index contributed by atoms with van der Waals surface area (Å²) in [6.07, 6.45) is 2.72. The molecule has 0 N–H and O–H groups in total. The SMILES string of the molecule is O=C/C=C/C1=C(c2ccc(Br)cc2)C1(F)F. The van der Waals surface area contributed by atoms with E-state index in [-0.39, 0.29) is 11.1 Å². The standard InChI is InChI=1S/C12H7BrF2O/c13-9-5-3-8(4-6-9)11-10(2-1-7-16)12(11,14)15/h1-7H/b2-1+. The zero-order valence-corrected chi connectivity index (χ0v) is 9.67. The van der Waals surface area contributed by atoms with Gasteiger partial charge < -0.3 is 0 Å². The topological polar surface area (TPSA) is 17.1 Å². The van der Waals surface area contributed by atoms with Crippen molar-refractivity contribution in [1.82, 2.24) is 0 Å². The molecule has 1 aliphatic rings. The summed E-state index contributed by atoms with van der Waals surface area (Å²) in [5.74, 6) is -2.90. The van der Waals surface area contributed by atoms with E-state index in [0.717, 1.165) is 16.6 Å². The number of allylic oxidation sites excluding steroid dienone is 4. The third-order valence-electron chi connectivity index (χ3n) is 2.33. The monoisotopic (exact) mass is 284 g/mol. The van der Waals surface area contributed by atoms with E-state index >= 15 is 0 Å². The van der Waals surface area contributed by atoms with Crippen LogP contribution < -0.4 is 0 Å². The molecule has 0 heterocycles. The van der Waals surface area contributed by atoms with E-state index < -0.39 is 5.92 Å². The highest BCUT2D eigenvalue weighted by atomic mass is 79.9. The third kappa shape index (κ3) is 1.85. The summed E-state index contributed by atoms with van der Waals surface area (Å²) >= 11 is 3.24. The molecule has 4 heteroatoms. The first-order valence-corrected chi connectivity index (χ1v) is 5.37. The van der Waals surface area contributed by atoms with Gasteiger partial charge in [0.2, 0.25) is 0 Å². The largest absolute Gasteiger partial charge is 0.300 e. The van der Waals surface area contributed by atoms with Crippen LogP contribution in [0.3, 0.4) is 0 Å².